The summed E-state index contributed by atoms with van der Waals surface area (Å²) in [6.45, 7) is 4.39. The van der Waals surface area contributed by atoms with Crippen LogP contribution in [-0.2, 0) is 21.2 Å². The van der Waals surface area contributed by atoms with E-state index in [1.54, 1.807) is 43.5 Å². The first-order chi connectivity index (χ1) is 13.8. The molecule has 8 heteroatoms. The summed E-state index contributed by atoms with van der Waals surface area (Å²) in [5, 5.41) is 7.84. The summed E-state index contributed by atoms with van der Waals surface area (Å²) < 4.78 is 33.3. The summed E-state index contributed by atoms with van der Waals surface area (Å²) in [5.41, 5.74) is 1.68. The highest BCUT2D eigenvalue weighted by Crippen LogP contribution is 2.28. The van der Waals surface area contributed by atoms with Crippen molar-refractivity contribution in [2.24, 2.45) is 5.14 Å². The summed E-state index contributed by atoms with van der Waals surface area (Å²) in [6.07, 6.45) is 5.32. The quantitative estimate of drug-likeness (QED) is 0.456. The molecule has 0 spiro atoms. The first-order valence-corrected chi connectivity index (χ1v) is 10.4. The largest absolute Gasteiger partial charge is 0.493 e. The second kappa shape index (κ2) is 10.4. The molecule has 0 unspecified atom stereocenters. The molecular weight excluding hydrogens is 392 g/mol. The van der Waals surface area contributed by atoms with Crippen LogP contribution in [0.15, 0.2) is 66.1 Å². The molecule has 7 nitrogen and oxygen atoms in total. The van der Waals surface area contributed by atoms with Gasteiger partial charge in [0.25, 0.3) is 0 Å². The molecule has 0 bridgehead atoms. The van der Waals surface area contributed by atoms with Crippen LogP contribution in [0.25, 0.3) is 6.08 Å². The number of nitrogens with two attached hydrogens (primary N) is 1. The molecule has 0 atom stereocenters. The van der Waals surface area contributed by atoms with Crippen molar-refractivity contribution in [1.29, 1.82) is 0 Å². The third kappa shape index (κ3) is 7.10. The van der Waals surface area contributed by atoms with E-state index in [1.165, 1.54) is 18.2 Å². The molecular formula is C21H24N2O5S. The second-order valence-electron chi connectivity index (χ2n) is 6.07. The van der Waals surface area contributed by atoms with E-state index < -0.39 is 10.0 Å². The minimum absolute atomic E-state index is 0.0598. The Morgan fingerprint density at radius 3 is 2.52 bits per heavy atom. The molecule has 3 N–H and O–H groups in total. The van der Waals surface area contributed by atoms with Gasteiger partial charge in [-0.3, -0.25) is 4.79 Å². The number of hydrogen-bond acceptors (Lipinski definition) is 5. The monoisotopic (exact) mass is 416 g/mol. The van der Waals surface area contributed by atoms with Gasteiger partial charge in [0.15, 0.2) is 11.5 Å². The minimum Gasteiger partial charge on any atom is -0.493 e. The van der Waals surface area contributed by atoms with Crippen LogP contribution in [0.2, 0.25) is 0 Å². The Kier molecular flexibility index (Phi) is 7.99. The lowest BCUT2D eigenvalue weighted by molar-refractivity contribution is -0.116. The minimum atomic E-state index is -3.70. The Hall–Kier alpha value is -3.10. The molecule has 2 rings (SSSR count). The van der Waals surface area contributed by atoms with Crippen molar-refractivity contribution in [3.8, 4) is 11.5 Å². The van der Waals surface area contributed by atoms with Crippen LogP contribution in [0.1, 0.15) is 11.1 Å². The van der Waals surface area contributed by atoms with Gasteiger partial charge in [-0.15, -0.1) is 0 Å². The van der Waals surface area contributed by atoms with E-state index in [9.17, 15) is 13.2 Å². The Bertz CT molecular complexity index is 983. The van der Waals surface area contributed by atoms with Gasteiger partial charge in [0.1, 0.15) is 6.61 Å². The highest BCUT2D eigenvalue weighted by molar-refractivity contribution is 7.89. The van der Waals surface area contributed by atoms with Gasteiger partial charge in [-0.05, 0) is 47.9 Å². The molecule has 2 aromatic rings. The van der Waals surface area contributed by atoms with Crippen LogP contribution in [0.5, 0.6) is 11.5 Å². The second-order valence-corrected chi connectivity index (χ2v) is 7.63. The highest BCUT2D eigenvalue weighted by Gasteiger charge is 2.07. The molecule has 0 fully saturated rings. The Morgan fingerprint density at radius 2 is 1.90 bits per heavy atom. The van der Waals surface area contributed by atoms with E-state index >= 15 is 0 Å². The number of benzene rings is 2. The molecule has 29 heavy (non-hydrogen) atoms. The number of carbonyl (C=O) groups excluding carboxylic acids is 1. The van der Waals surface area contributed by atoms with Crippen molar-refractivity contribution in [3.63, 3.8) is 0 Å². The third-order valence-corrected chi connectivity index (χ3v) is 4.87. The average molecular weight is 416 g/mol. The maximum atomic E-state index is 12.0. The predicted molar refractivity (Wildman–Crippen MR) is 112 cm³/mol. The van der Waals surface area contributed by atoms with Crippen molar-refractivity contribution in [3.05, 3.63) is 72.3 Å². The predicted octanol–water partition coefficient (Wildman–Crippen LogP) is 2.28. The first kappa shape index (κ1) is 22.2. The van der Waals surface area contributed by atoms with Crippen molar-refractivity contribution >= 4 is 22.0 Å². The fraction of sp³-hybridized carbons (Fsp3) is 0.190. The molecule has 0 aliphatic rings. The summed E-state index contributed by atoms with van der Waals surface area (Å²) in [4.78, 5) is 12.1. The molecule has 0 radical (unpaired) electrons. The van der Waals surface area contributed by atoms with Gasteiger partial charge >= 0.3 is 0 Å². The van der Waals surface area contributed by atoms with Crippen molar-refractivity contribution in [2.45, 2.75) is 11.3 Å². The van der Waals surface area contributed by atoms with Gasteiger partial charge in [-0.2, -0.15) is 0 Å². The van der Waals surface area contributed by atoms with Gasteiger partial charge in [-0.25, -0.2) is 13.6 Å². The number of ether oxygens (including phenoxy) is 2. The maximum Gasteiger partial charge on any atom is 0.244 e. The number of primary sulfonamides is 1. The highest BCUT2D eigenvalue weighted by atomic mass is 32.2. The van der Waals surface area contributed by atoms with E-state index in [2.05, 4.69) is 11.9 Å². The molecule has 0 saturated heterocycles. The van der Waals surface area contributed by atoms with Gasteiger partial charge in [0.2, 0.25) is 15.9 Å². The average Bonchev–Trinajstić information content (AvgIpc) is 2.70. The fourth-order valence-electron chi connectivity index (χ4n) is 2.46. The molecule has 154 valence electrons. The van der Waals surface area contributed by atoms with Crippen LogP contribution in [-0.4, -0.2) is 34.6 Å². The van der Waals surface area contributed by atoms with Gasteiger partial charge < -0.3 is 14.8 Å². The van der Waals surface area contributed by atoms with E-state index in [-0.39, 0.29) is 10.8 Å². The van der Waals surface area contributed by atoms with E-state index in [4.69, 9.17) is 14.6 Å². The van der Waals surface area contributed by atoms with E-state index in [0.717, 1.165) is 11.1 Å². The standard InChI is InChI=1S/C21H24N2O5S/c1-3-14-28-19-10-6-17(15-20(19)27-2)7-11-21(24)23-13-12-16-4-8-18(9-5-16)29(22,25)26/h3-11,15H,1,12-14H2,2H3,(H,23,24)(H2,22,25,26)/b11-7+. The molecule has 0 aliphatic heterocycles. The number of carbonyl (C=O) groups is 1. The third-order valence-electron chi connectivity index (χ3n) is 3.94. The maximum absolute atomic E-state index is 12.0. The smallest absolute Gasteiger partial charge is 0.244 e. The van der Waals surface area contributed by atoms with Gasteiger partial charge in [0, 0.05) is 12.6 Å². The van der Waals surface area contributed by atoms with Crippen LogP contribution >= 0.6 is 0 Å². The normalized spacial score (nSPS) is 11.2. The number of amides is 1. The van der Waals surface area contributed by atoms with Crippen LogP contribution in [0.4, 0.5) is 0 Å². The SMILES string of the molecule is C=CCOc1ccc(/C=C/C(=O)NCCc2ccc(S(N)(=O)=O)cc2)cc1OC. The lowest BCUT2D eigenvalue weighted by atomic mass is 10.1. The zero-order valence-corrected chi connectivity index (χ0v) is 16.9. The van der Waals surface area contributed by atoms with E-state index in [0.29, 0.717) is 31.1 Å². The topological polar surface area (TPSA) is 108 Å². The lowest BCUT2D eigenvalue weighted by Gasteiger charge is -2.09. The van der Waals surface area contributed by atoms with Gasteiger partial charge in [0.05, 0.1) is 12.0 Å². The summed E-state index contributed by atoms with van der Waals surface area (Å²) in [5.74, 6) is 0.928. The number of nitrogens with one attached hydrogen (secondary N) is 1. The molecule has 0 heterocycles. The summed E-state index contributed by atoms with van der Waals surface area (Å²) >= 11 is 0. The summed E-state index contributed by atoms with van der Waals surface area (Å²) in [7, 11) is -2.15. The zero-order valence-electron chi connectivity index (χ0n) is 16.1. The summed E-state index contributed by atoms with van der Waals surface area (Å²) in [6, 6.07) is 11.6. The molecule has 0 aliphatic carbocycles. The van der Waals surface area contributed by atoms with Crippen molar-refractivity contribution in [2.75, 3.05) is 20.3 Å². The number of rotatable bonds is 10. The Morgan fingerprint density at radius 1 is 1.17 bits per heavy atom. The number of methoxy groups -OCH3 is 1. The Labute approximate surface area is 170 Å². The Balaban J connectivity index is 1.87. The van der Waals surface area contributed by atoms with Crippen LogP contribution < -0.4 is 19.9 Å². The number of hydrogen-bond donors (Lipinski definition) is 2. The van der Waals surface area contributed by atoms with Crippen molar-refractivity contribution < 1.29 is 22.7 Å². The fourth-order valence-corrected chi connectivity index (χ4v) is 2.98. The molecule has 0 saturated carbocycles. The first-order valence-electron chi connectivity index (χ1n) is 8.83. The van der Waals surface area contributed by atoms with Crippen molar-refractivity contribution in [1.82, 2.24) is 5.32 Å². The molecule has 2 aromatic carbocycles. The zero-order chi connectivity index (χ0) is 21.3. The van der Waals surface area contributed by atoms with Gasteiger partial charge in [-0.1, -0.05) is 30.9 Å². The van der Waals surface area contributed by atoms with Crippen LogP contribution in [0, 0.1) is 0 Å². The molecule has 1 amide bonds. The number of sulfonamides is 1. The lowest BCUT2D eigenvalue weighted by Crippen LogP contribution is -2.23. The van der Waals surface area contributed by atoms with Crippen LogP contribution in [0.3, 0.4) is 0 Å². The molecule has 0 aromatic heterocycles. The van der Waals surface area contributed by atoms with E-state index in [1.807, 2.05) is 6.07 Å².